The molecule has 0 bridgehead atoms. The zero-order valence-corrected chi connectivity index (χ0v) is 21.3. The second-order valence-corrected chi connectivity index (χ2v) is 10.1. The topological polar surface area (TPSA) is 79.5 Å². The number of carbonyl (C=O) groups excluding carboxylic acids is 1. The molecule has 36 heavy (non-hydrogen) atoms. The summed E-state index contributed by atoms with van der Waals surface area (Å²) in [6.07, 6.45) is 2.81. The average molecular weight is 487 g/mol. The van der Waals surface area contributed by atoms with E-state index in [4.69, 9.17) is 9.47 Å². The standard InChI is InChI=1S/C29H34N4O3/c1-19(2)20(3)36-29(34)31-22-9-7-21(8-10-22)28-26(18-30)25-12-11-24(32-13-15-35-16-14-32)17-27(25)33(28)23-5-4-6-23/h7-12,17,19-20,23H,4-6,13-16H2,1-3H3,(H,31,34)/t20-/m1/s1. The molecular formula is C29H34N4O3. The predicted octanol–water partition coefficient (Wildman–Crippen LogP) is 6.33. The molecule has 1 amide bonds. The van der Waals surface area contributed by atoms with E-state index in [1.165, 1.54) is 12.1 Å². The van der Waals surface area contributed by atoms with Gasteiger partial charge in [-0.05, 0) is 68.0 Å². The van der Waals surface area contributed by atoms with Crippen molar-refractivity contribution in [1.29, 1.82) is 5.26 Å². The second kappa shape index (κ2) is 10.2. The Labute approximate surface area is 212 Å². The molecule has 2 aromatic carbocycles. The first-order valence-corrected chi connectivity index (χ1v) is 12.9. The van der Waals surface area contributed by atoms with Crippen molar-refractivity contribution in [3.8, 4) is 17.3 Å². The van der Waals surface area contributed by atoms with E-state index in [0.29, 0.717) is 17.3 Å². The molecule has 5 rings (SSSR count). The fourth-order valence-electron chi connectivity index (χ4n) is 4.90. The summed E-state index contributed by atoms with van der Waals surface area (Å²) in [5.41, 5.74) is 5.59. The van der Waals surface area contributed by atoms with Crippen LogP contribution in [0.1, 0.15) is 51.6 Å². The number of fused-ring (bicyclic) bond motifs is 1. The summed E-state index contributed by atoms with van der Waals surface area (Å²) >= 11 is 0. The molecule has 1 aliphatic carbocycles. The lowest BCUT2D eigenvalue weighted by atomic mass is 9.92. The lowest BCUT2D eigenvalue weighted by molar-refractivity contribution is 0.0940. The molecule has 2 fully saturated rings. The van der Waals surface area contributed by atoms with Crippen LogP contribution in [0.2, 0.25) is 0 Å². The van der Waals surface area contributed by atoms with Crippen LogP contribution in [0.15, 0.2) is 42.5 Å². The van der Waals surface area contributed by atoms with Gasteiger partial charge in [-0.2, -0.15) is 5.26 Å². The van der Waals surface area contributed by atoms with Crippen molar-refractivity contribution in [1.82, 2.24) is 4.57 Å². The number of aromatic nitrogens is 1. The highest BCUT2D eigenvalue weighted by Crippen LogP contribution is 2.43. The maximum absolute atomic E-state index is 12.3. The number of rotatable bonds is 6. The molecule has 1 aliphatic heterocycles. The SMILES string of the molecule is CC(C)[C@@H](C)OC(=O)Nc1ccc(-c2c(C#N)c3ccc(N4CCOCC4)cc3n2C2CCC2)cc1. The third-order valence-electron chi connectivity index (χ3n) is 7.55. The second-order valence-electron chi connectivity index (χ2n) is 10.1. The molecule has 188 valence electrons. The summed E-state index contributed by atoms with van der Waals surface area (Å²) in [6.45, 7) is 9.15. The van der Waals surface area contributed by atoms with Crippen LogP contribution in [0.5, 0.6) is 0 Å². The van der Waals surface area contributed by atoms with Crippen LogP contribution in [0, 0.1) is 17.2 Å². The monoisotopic (exact) mass is 486 g/mol. The van der Waals surface area contributed by atoms with Crippen molar-refractivity contribution < 1.29 is 14.3 Å². The minimum Gasteiger partial charge on any atom is -0.446 e. The van der Waals surface area contributed by atoms with Crippen molar-refractivity contribution in [2.45, 2.75) is 52.2 Å². The summed E-state index contributed by atoms with van der Waals surface area (Å²) in [5.74, 6) is 0.250. The van der Waals surface area contributed by atoms with Gasteiger partial charge in [-0.3, -0.25) is 5.32 Å². The minimum atomic E-state index is -0.458. The first kappa shape index (κ1) is 24.2. The summed E-state index contributed by atoms with van der Waals surface area (Å²) in [7, 11) is 0. The zero-order valence-electron chi connectivity index (χ0n) is 21.3. The fourth-order valence-corrected chi connectivity index (χ4v) is 4.90. The van der Waals surface area contributed by atoms with Crippen LogP contribution in [0.3, 0.4) is 0 Å². The Kier molecular flexibility index (Phi) is 6.88. The fraction of sp³-hybridized carbons (Fsp3) is 0.448. The third-order valence-corrected chi connectivity index (χ3v) is 7.55. The molecule has 7 heteroatoms. The molecule has 1 saturated heterocycles. The molecule has 0 radical (unpaired) electrons. The molecule has 1 saturated carbocycles. The van der Waals surface area contributed by atoms with Gasteiger partial charge in [0.15, 0.2) is 0 Å². The van der Waals surface area contributed by atoms with E-state index in [9.17, 15) is 10.1 Å². The predicted molar refractivity (Wildman–Crippen MR) is 142 cm³/mol. The van der Waals surface area contributed by atoms with Gasteiger partial charge in [0, 0.05) is 35.9 Å². The van der Waals surface area contributed by atoms with Crippen LogP contribution >= 0.6 is 0 Å². The van der Waals surface area contributed by atoms with Gasteiger partial charge in [-0.25, -0.2) is 4.79 Å². The number of anilines is 2. The van der Waals surface area contributed by atoms with Crippen molar-refractivity contribution in [3.63, 3.8) is 0 Å². The summed E-state index contributed by atoms with van der Waals surface area (Å²) in [5, 5.41) is 14.0. The quantitative estimate of drug-likeness (QED) is 0.440. The van der Waals surface area contributed by atoms with Gasteiger partial charge in [0.25, 0.3) is 0 Å². The Morgan fingerprint density at radius 2 is 1.83 bits per heavy atom. The number of amides is 1. The molecule has 7 nitrogen and oxygen atoms in total. The third kappa shape index (κ3) is 4.66. The van der Waals surface area contributed by atoms with Gasteiger partial charge >= 0.3 is 6.09 Å². The van der Waals surface area contributed by atoms with Gasteiger partial charge in [0.05, 0.1) is 30.0 Å². The summed E-state index contributed by atoms with van der Waals surface area (Å²) in [6, 6.07) is 17.1. The van der Waals surface area contributed by atoms with Crippen molar-refractivity contribution >= 4 is 28.4 Å². The van der Waals surface area contributed by atoms with E-state index in [2.05, 4.69) is 39.1 Å². The maximum Gasteiger partial charge on any atom is 0.411 e. The number of hydrogen-bond acceptors (Lipinski definition) is 5. The van der Waals surface area contributed by atoms with E-state index >= 15 is 0 Å². The smallest absolute Gasteiger partial charge is 0.411 e. The largest absolute Gasteiger partial charge is 0.446 e. The highest BCUT2D eigenvalue weighted by molar-refractivity contribution is 5.96. The number of hydrogen-bond donors (Lipinski definition) is 1. The van der Waals surface area contributed by atoms with E-state index < -0.39 is 6.09 Å². The molecule has 0 spiro atoms. The van der Waals surface area contributed by atoms with E-state index in [1.54, 1.807) is 0 Å². The van der Waals surface area contributed by atoms with Crippen LogP contribution in [-0.2, 0) is 9.47 Å². The Hall–Kier alpha value is -3.50. The number of carbonyl (C=O) groups is 1. The Bertz CT molecular complexity index is 1280. The van der Waals surface area contributed by atoms with Crippen molar-refractivity contribution in [3.05, 3.63) is 48.0 Å². The van der Waals surface area contributed by atoms with Crippen LogP contribution in [0.25, 0.3) is 22.2 Å². The first-order chi connectivity index (χ1) is 17.5. The first-order valence-electron chi connectivity index (χ1n) is 12.9. The van der Waals surface area contributed by atoms with Gasteiger partial charge in [0.1, 0.15) is 12.2 Å². The number of nitrogens with one attached hydrogen (secondary N) is 1. The normalized spacial score (nSPS) is 17.0. The van der Waals surface area contributed by atoms with E-state index in [-0.39, 0.29) is 12.0 Å². The van der Waals surface area contributed by atoms with Crippen LogP contribution in [0.4, 0.5) is 16.2 Å². The molecule has 1 N–H and O–H groups in total. The van der Waals surface area contributed by atoms with Crippen LogP contribution < -0.4 is 10.2 Å². The number of ether oxygens (including phenoxy) is 2. The van der Waals surface area contributed by atoms with E-state index in [0.717, 1.165) is 61.3 Å². The lowest BCUT2D eigenvalue weighted by Gasteiger charge is -2.31. The van der Waals surface area contributed by atoms with Crippen molar-refractivity contribution in [2.75, 3.05) is 36.5 Å². The number of morpholine rings is 1. The molecular weight excluding hydrogens is 452 g/mol. The highest BCUT2D eigenvalue weighted by Gasteiger charge is 2.28. The molecule has 2 heterocycles. The Morgan fingerprint density at radius 1 is 1.11 bits per heavy atom. The molecule has 1 atom stereocenters. The highest BCUT2D eigenvalue weighted by atomic mass is 16.6. The number of nitrogens with zero attached hydrogens (tertiary/aromatic N) is 3. The summed E-state index contributed by atoms with van der Waals surface area (Å²) < 4.78 is 13.3. The number of benzene rings is 2. The van der Waals surface area contributed by atoms with E-state index in [1.807, 2.05) is 45.0 Å². The van der Waals surface area contributed by atoms with Gasteiger partial charge < -0.3 is 18.9 Å². The van der Waals surface area contributed by atoms with Crippen molar-refractivity contribution in [2.24, 2.45) is 5.92 Å². The van der Waals surface area contributed by atoms with Gasteiger partial charge in [-0.1, -0.05) is 26.0 Å². The zero-order chi connectivity index (χ0) is 25.2. The van der Waals surface area contributed by atoms with Crippen LogP contribution in [-0.4, -0.2) is 43.1 Å². The Morgan fingerprint density at radius 3 is 2.44 bits per heavy atom. The number of nitriles is 1. The lowest BCUT2D eigenvalue weighted by Crippen LogP contribution is -2.36. The Balaban J connectivity index is 1.50. The van der Waals surface area contributed by atoms with Gasteiger partial charge in [0.2, 0.25) is 0 Å². The minimum absolute atomic E-state index is 0.164. The average Bonchev–Trinajstić information content (AvgIpc) is 3.17. The molecule has 0 unspecified atom stereocenters. The molecule has 2 aliphatic rings. The van der Waals surface area contributed by atoms with Gasteiger partial charge in [-0.15, -0.1) is 0 Å². The summed E-state index contributed by atoms with van der Waals surface area (Å²) in [4.78, 5) is 14.6. The molecule has 1 aromatic heterocycles. The molecule has 3 aromatic rings. The maximum atomic E-state index is 12.3.